The lowest BCUT2D eigenvalue weighted by Crippen LogP contribution is -2.26. The maximum atomic E-state index is 11.8. The van der Waals surface area contributed by atoms with Gasteiger partial charge >= 0.3 is 0 Å². The molecule has 5 heteroatoms. The third-order valence-corrected chi connectivity index (χ3v) is 3.52. The highest BCUT2D eigenvalue weighted by Crippen LogP contribution is 2.16. The number of phenolic OH excluding ortho intramolecular Hbond substituents is 1. The van der Waals surface area contributed by atoms with E-state index < -0.39 is 6.17 Å². The summed E-state index contributed by atoms with van der Waals surface area (Å²) in [4.78, 5) is 16.2. The fraction of sp³-hybridized carbons (Fsp3) is 0.333. The molecule has 1 unspecified atom stereocenters. The Morgan fingerprint density at radius 3 is 1.91 bits per heavy atom. The van der Waals surface area contributed by atoms with Crippen molar-refractivity contribution in [3.05, 3.63) is 103 Å². The Balaban J connectivity index is -0.000000542. The van der Waals surface area contributed by atoms with Crippen molar-refractivity contribution < 1.29 is 15.0 Å². The molecule has 5 nitrogen and oxygen atoms in total. The topological polar surface area (TPSA) is 81.9 Å². The zero-order chi connectivity index (χ0) is 28.2. The van der Waals surface area contributed by atoms with Crippen LogP contribution < -0.4 is 5.32 Å². The number of allylic oxidation sites excluding steroid dienone is 5. The lowest BCUT2D eigenvalue weighted by atomic mass is 10.1. The first-order valence-electron chi connectivity index (χ1n) is 12.2. The van der Waals surface area contributed by atoms with Gasteiger partial charge in [0.1, 0.15) is 17.7 Å². The van der Waals surface area contributed by atoms with Gasteiger partial charge in [-0.2, -0.15) is 0 Å². The molecule has 0 radical (unpaired) electrons. The Labute approximate surface area is 214 Å². The quantitative estimate of drug-likeness (QED) is 0.135. The molecule has 1 aromatic carbocycles. The van der Waals surface area contributed by atoms with Gasteiger partial charge in [-0.25, -0.2) is 0 Å². The van der Waals surface area contributed by atoms with Crippen LogP contribution in [0.4, 0.5) is 0 Å². The van der Waals surface area contributed by atoms with Crippen molar-refractivity contribution in [3.8, 4) is 5.75 Å². The maximum Gasteiger partial charge on any atom is 0.186 e. The molecule has 1 rings (SSSR count). The minimum Gasteiger partial charge on any atom is -0.508 e. The summed E-state index contributed by atoms with van der Waals surface area (Å²) in [5.74, 6) is -0.253. The van der Waals surface area contributed by atoms with Crippen molar-refractivity contribution >= 4 is 12.0 Å². The Hall–Kier alpha value is -3.60. The number of aliphatic hydroxyl groups excluding tert-OH is 1. The van der Waals surface area contributed by atoms with Gasteiger partial charge in [0.15, 0.2) is 5.78 Å². The summed E-state index contributed by atoms with van der Waals surface area (Å²) in [7, 11) is 0. The summed E-state index contributed by atoms with van der Waals surface area (Å²) in [6.45, 7) is 28.5. The van der Waals surface area contributed by atoms with Crippen molar-refractivity contribution in [1.82, 2.24) is 5.32 Å². The van der Waals surface area contributed by atoms with Crippen LogP contribution >= 0.6 is 0 Å². The molecule has 0 fully saturated rings. The van der Waals surface area contributed by atoms with Gasteiger partial charge in [0, 0.05) is 29.1 Å². The summed E-state index contributed by atoms with van der Waals surface area (Å²) in [6.07, 6.45) is 9.37. The van der Waals surface area contributed by atoms with Crippen LogP contribution in [0.2, 0.25) is 0 Å². The first-order chi connectivity index (χ1) is 17.0. The molecule has 0 saturated heterocycles. The smallest absolute Gasteiger partial charge is 0.186 e. The molecule has 3 N–H and O–H groups in total. The second kappa shape index (κ2) is 28.4. The molecule has 1 atom stereocenters. The molecule has 0 aliphatic rings. The Kier molecular flexibility index (Phi) is 31.4. The van der Waals surface area contributed by atoms with Crippen LogP contribution in [0.25, 0.3) is 0 Å². The van der Waals surface area contributed by atoms with Crippen molar-refractivity contribution in [3.63, 3.8) is 0 Å². The third-order valence-electron chi connectivity index (χ3n) is 3.52. The number of phenols is 1. The predicted octanol–water partition coefficient (Wildman–Crippen LogP) is 8.23. The van der Waals surface area contributed by atoms with Gasteiger partial charge in [0.2, 0.25) is 0 Å². The number of nitrogens with zero attached hydrogens (tertiary/aromatic N) is 1. The number of aliphatic hydroxyl groups is 1. The summed E-state index contributed by atoms with van der Waals surface area (Å²) >= 11 is 0. The summed E-state index contributed by atoms with van der Waals surface area (Å²) < 4.78 is 0. The average Bonchev–Trinajstić information content (AvgIpc) is 2.92. The van der Waals surface area contributed by atoms with E-state index in [0.29, 0.717) is 16.7 Å². The van der Waals surface area contributed by atoms with Crippen LogP contribution in [0, 0.1) is 0 Å². The molecule has 0 aromatic heterocycles. The van der Waals surface area contributed by atoms with Crippen LogP contribution in [-0.2, 0) is 4.79 Å². The lowest BCUT2D eigenvalue weighted by molar-refractivity contribution is -0.111. The van der Waals surface area contributed by atoms with E-state index in [4.69, 9.17) is 0 Å². The standard InChI is InChI=1S/C22H24N2O3.4C2H6/c1-5-11-21(27)18(7-3)22(23-14-16(6-2)19(25)8-4)24-15-17-12-9-10-13-20(17)26;4*1-2/h5-15,22-23,26-27H,2-4H2,1H3;4*1-2H3/b11-5-,16-14-,21-18-,24-15+;;;;. The number of hydrogen-bond donors (Lipinski definition) is 3. The summed E-state index contributed by atoms with van der Waals surface area (Å²) in [6, 6.07) is 6.72. The first-order valence-corrected chi connectivity index (χ1v) is 12.2. The van der Waals surface area contributed by atoms with E-state index >= 15 is 0 Å². The zero-order valence-corrected chi connectivity index (χ0v) is 23.3. The van der Waals surface area contributed by atoms with Crippen LogP contribution in [0.3, 0.4) is 0 Å². The van der Waals surface area contributed by atoms with Gasteiger partial charge in [0.05, 0.1) is 0 Å². The molecule has 0 aliphatic heterocycles. The van der Waals surface area contributed by atoms with Crippen LogP contribution in [0.1, 0.15) is 67.9 Å². The fourth-order valence-electron chi connectivity index (χ4n) is 2.09. The number of nitrogens with one attached hydrogen (secondary N) is 1. The number of carbonyl (C=O) groups excluding carboxylic acids is 1. The van der Waals surface area contributed by atoms with Crippen LogP contribution in [0.15, 0.2) is 102 Å². The maximum absolute atomic E-state index is 11.8. The van der Waals surface area contributed by atoms with E-state index in [1.165, 1.54) is 36.7 Å². The Morgan fingerprint density at radius 1 is 0.943 bits per heavy atom. The van der Waals surface area contributed by atoms with Crippen LogP contribution in [0.5, 0.6) is 5.75 Å². The lowest BCUT2D eigenvalue weighted by Gasteiger charge is -2.16. The Morgan fingerprint density at radius 2 is 1.49 bits per heavy atom. The highest BCUT2D eigenvalue weighted by Gasteiger charge is 2.13. The van der Waals surface area contributed by atoms with Gasteiger partial charge in [-0.15, -0.1) is 0 Å². The molecule has 196 valence electrons. The van der Waals surface area contributed by atoms with Crippen molar-refractivity contribution in [2.45, 2.75) is 68.5 Å². The van der Waals surface area contributed by atoms with Gasteiger partial charge in [0.25, 0.3) is 0 Å². The molecular weight excluding hydrogens is 436 g/mol. The highest BCUT2D eigenvalue weighted by atomic mass is 16.3. The van der Waals surface area contributed by atoms with E-state index in [1.54, 1.807) is 37.3 Å². The Bertz CT molecular complexity index is 832. The molecule has 1 aromatic rings. The van der Waals surface area contributed by atoms with Crippen LogP contribution in [-0.4, -0.2) is 28.4 Å². The molecular formula is C30H48N2O3. The third kappa shape index (κ3) is 16.6. The normalized spacial score (nSPS) is 11.4. The first kappa shape index (κ1) is 38.7. The molecule has 0 aliphatic carbocycles. The van der Waals surface area contributed by atoms with Crippen molar-refractivity contribution in [2.24, 2.45) is 4.99 Å². The minimum absolute atomic E-state index is 0.0250. The summed E-state index contributed by atoms with van der Waals surface area (Å²) in [5, 5.41) is 23.1. The second-order valence-electron chi connectivity index (χ2n) is 5.32. The van der Waals surface area contributed by atoms with E-state index in [0.717, 1.165) is 0 Å². The van der Waals surface area contributed by atoms with E-state index in [2.05, 4.69) is 30.0 Å². The fourth-order valence-corrected chi connectivity index (χ4v) is 2.09. The number of hydrogen-bond acceptors (Lipinski definition) is 5. The van der Waals surface area contributed by atoms with Gasteiger partial charge < -0.3 is 15.5 Å². The molecule has 0 saturated carbocycles. The van der Waals surface area contributed by atoms with Gasteiger partial charge in [-0.05, 0) is 31.2 Å². The molecule has 0 amide bonds. The second-order valence-corrected chi connectivity index (χ2v) is 5.32. The van der Waals surface area contributed by atoms with Gasteiger partial charge in [-0.1, -0.05) is 105 Å². The molecule has 0 heterocycles. The number of aromatic hydroxyl groups is 1. The van der Waals surface area contributed by atoms with E-state index in [1.807, 2.05) is 55.4 Å². The number of carbonyl (C=O) groups is 1. The largest absolute Gasteiger partial charge is 0.508 e. The number of rotatable bonds is 10. The SMILES string of the molecule is C=CC(=O)/C(C=C)=C\NC(/N=C/c1ccccc1O)/C(C=C)=C(O)/C=C\C.CC.CC.CC.CC. The van der Waals surface area contributed by atoms with E-state index in [-0.39, 0.29) is 17.3 Å². The predicted molar refractivity (Wildman–Crippen MR) is 156 cm³/mol. The minimum atomic E-state index is -0.758. The monoisotopic (exact) mass is 484 g/mol. The van der Waals surface area contributed by atoms with Crippen molar-refractivity contribution in [2.75, 3.05) is 0 Å². The zero-order valence-electron chi connectivity index (χ0n) is 23.3. The summed E-state index contributed by atoms with van der Waals surface area (Å²) in [5.41, 5.74) is 1.19. The molecule has 0 spiro atoms. The van der Waals surface area contributed by atoms with Gasteiger partial charge in [-0.3, -0.25) is 9.79 Å². The van der Waals surface area contributed by atoms with Crippen molar-refractivity contribution in [1.29, 1.82) is 0 Å². The molecule has 0 bridgehead atoms. The number of aliphatic imine (C=N–C) groups is 1. The molecule has 35 heavy (non-hydrogen) atoms. The number of para-hydroxylation sites is 1. The highest BCUT2D eigenvalue weighted by molar-refractivity contribution is 6.05. The number of benzene rings is 1. The average molecular weight is 485 g/mol. The van der Waals surface area contributed by atoms with E-state index in [9.17, 15) is 15.0 Å². The number of ketones is 1.